The van der Waals surface area contributed by atoms with Crippen molar-refractivity contribution in [3.8, 4) is 0 Å². The lowest BCUT2D eigenvalue weighted by Crippen LogP contribution is -2.30. The zero-order chi connectivity index (χ0) is 15.0. The van der Waals surface area contributed by atoms with Crippen LogP contribution in [-0.2, 0) is 16.4 Å². The van der Waals surface area contributed by atoms with Gasteiger partial charge in [-0.2, -0.15) is 4.31 Å². The van der Waals surface area contributed by atoms with Crippen molar-refractivity contribution in [2.75, 3.05) is 6.54 Å². The molecule has 8 heteroatoms. The molecule has 0 amide bonds. The van der Waals surface area contributed by atoms with Crippen molar-refractivity contribution in [1.82, 2.24) is 9.46 Å². The van der Waals surface area contributed by atoms with Gasteiger partial charge in [-0.1, -0.05) is 23.7 Å². The van der Waals surface area contributed by atoms with Crippen LogP contribution in [0, 0.1) is 0 Å². The molecule has 5 nitrogen and oxygen atoms in total. The van der Waals surface area contributed by atoms with E-state index in [0.717, 1.165) is 36.3 Å². The molecule has 2 aromatic heterocycles. The van der Waals surface area contributed by atoms with E-state index < -0.39 is 10.0 Å². The average molecular weight is 347 g/mol. The Kier molecular flexibility index (Phi) is 4.09. The normalized spacial score (nSPS) is 20.2. The zero-order valence-corrected chi connectivity index (χ0v) is 13.8. The van der Waals surface area contributed by atoms with E-state index in [1.54, 1.807) is 12.1 Å². The lowest BCUT2D eigenvalue weighted by atomic mass is 10.1. The summed E-state index contributed by atoms with van der Waals surface area (Å²) in [6.45, 7) is 2.48. The SMILES string of the molecule is CCc1cc(C2CCCN2S(=O)(=O)c2ccc(Cl)s2)on1. The molecular formula is C13H15ClN2O3S2. The number of halogens is 1. The third kappa shape index (κ3) is 2.75. The van der Waals surface area contributed by atoms with Gasteiger partial charge in [-0.3, -0.25) is 0 Å². The van der Waals surface area contributed by atoms with Crippen molar-refractivity contribution in [2.45, 2.75) is 36.4 Å². The van der Waals surface area contributed by atoms with Gasteiger partial charge in [0.25, 0.3) is 10.0 Å². The number of aromatic nitrogens is 1. The van der Waals surface area contributed by atoms with Crippen LogP contribution >= 0.6 is 22.9 Å². The third-order valence-corrected chi connectivity index (χ3v) is 7.19. The summed E-state index contributed by atoms with van der Waals surface area (Å²) in [5.41, 5.74) is 0.841. The maximum atomic E-state index is 12.7. The molecule has 1 atom stereocenters. The Hall–Kier alpha value is -0.890. The minimum atomic E-state index is -3.53. The minimum Gasteiger partial charge on any atom is -0.359 e. The number of hydrogen-bond acceptors (Lipinski definition) is 5. The van der Waals surface area contributed by atoms with E-state index in [0.29, 0.717) is 16.6 Å². The predicted molar refractivity (Wildman–Crippen MR) is 81.1 cm³/mol. The molecule has 0 radical (unpaired) electrons. The van der Waals surface area contributed by atoms with Crippen LogP contribution in [0.4, 0.5) is 0 Å². The number of thiophene rings is 1. The van der Waals surface area contributed by atoms with Crippen LogP contribution in [0.1, 0.15) is 37.3 Å². The van der Waals surface area contributed by atoms with Gasteiger partial charge in [0, 0.05) is 12.6 Å². The molecule has 3 heterocycles. The fourth-order valence-corrected chi connectivity index (χ4v) is 5.79. The second-order valence-electron chi connectivity index (χ2n) is 4.91. The summed E-state index contributed by atoms with van der Waals surface area (Å²) in [4.78, 5) is 0. The second kappa shape index (κ2) is 5.72. The molecule has 0 spiro atoms. The number of hydrogen-bond donors (Lipinski definition) is 0. The molecule has 0 bridgehead atoms. The van der Waals surface area contributed by atoms with E-state index in [2.05, 4.69) is 5.16 Å². The molecule has 1 saturated heterocycles. The lowest BCUT2D eigenvalue weighted by molar-refractivity contribution is 0.297. The van der Waals surface area contributed by atoms with Gasteiger partial charge in [0.05, 0.1) is 16.1 Å². The summed E-state index contributed by atoms with van der Waals surface area (Å²) in [5, 5.41) is 3.96. The quantitative estimate of drug-likeness (QED) is 0.850. The van der Waals surface area contributed by atoms with E-state index in [9.17, 15) is 8.42 Å². The summed E-state index contributed by atoms with van der Waals surface area (Å²) in [6.07, 6.45) is 2.32. The van der Waals surface area contributed by atoms with Crippen molar-refractivity contribution in [3.63, 3.8) is 0 Å². The highest BCUT2D eigenvalue weighted by atomic mass is 35.5. The van der Waals surface area contributed by atoms with Gasteiger partial charge >= 0.3 is 0 Å². The fourth-order valence-electron chi connectivity index (χ4n) is 2.52. The maximum Gasteiger partial charge on any atom is 0.253 e. The second-order valence-corrected chi connectivity index (χ2v) is 8.74. The molecule has 0 saturated carbocycles. The molecule has 3 rings (SSSR count). The van der Waals surface area contributed by atoms with Crippen molar-refractivity contribution in [1.29, 1.82) is 0 Å². The van der Waals surface area contributed by atoms with Crippen LogP contribution in [0.2, 0.25) is 4.34 Å². The Labute approximate surface area is 132 Å². The molecule has 0 N–H and O–H groups in total. The first-order chi connectivity index (χ1) is 10.0. The number of sulfonamides is 1. The summed E-state index contributed by atoms with van der Waals surface area (Å²) >= 11 is 6.93. The molecule has 1 aliphatic rings. The van der Waals surface area contributed by atoms with Crippen LogP contribution in [0.5, 0.6) is 0 Å². The molecule has 2 aromatic rings. The third-order valence-electron chi connectivity index (χ3n) is 3.58. The average Bonchev–Trinajstić information content (AvgIpc) is 3.17. The molecule has 1 unspecified atom stereocenters. The summed E-state index contributed by atoms with van der Waals surface area (Å²) in [6, 6.07) is 4.73. The van der Waals surface area contributed by atoms with E-state index in [1.165, 1.54) is 4.31 Å². The van der Waals surface area contributed by atoms with E-state index in [4.69, 9.17) is 16.1 Å². The Balaban J connectivity index is 1.93. The van der Waals surface area contributed by atoms with Crippen LogP contribution in [0.3, 0.4) is 0 Å². The van der Waals surface area contributed by atoms with Crippen LogP contribution in [0.25, 0.3) is 0 Å². The van der Waals surface area contributed by atoms with Gasteiger partial charge < -0.3 is 4.52 Å². The highest BCUT2D eigenvalue weighted by Crippen LogP contribution is 2.38. The maximum absolute atomic E-state index is 12.7. The predicted octanol–water partition coefficient (Wildman–Crippen LogP) is 3.48. The van der Waals surface area contributed by atoms with Crippen molar-refractivity contribution >= 4 is 33.0 Å². The molecule has 0 aromatic carbocycles. The van der Waals surface area contributed by atoms with Crippen molar-refractivity contribution in [2.24, 2.45) is 0 Å². The zero-order valence-electron chi connectivity index (χ0n) is 11.5. The lowest BCUT2D eigenvalue weighted by Gasteiger charge is -2.21. The Morgan fingerprint density at radius 1 is 1.52 bits per heavy atom. The standard InChI is InChI=1S/C13H15ClN2O3S2/c1-2-9-8-11(19-15-9)10-4-3-7-16(10)21(17,18)13-6-5-12(14)20-13/h5-6,8,10H,2-4,7H2,1H3. The summed E-state index contributed by atoms with van der Waals surface area (Å²) in [7, 11) is -3.53. The van der Waals surface area contributed by atoms with Crippen molar-refractivity contribution in [3.05, 3.63) is 34.0 Å². The highest BCUT2D eigenvalue weighted by molar-refractivity contribution is 7.91. The molecule has 21 heavy (non-hydrogen) atoms. The molecular weight excluding hydrogens is 332 g/mol. The van der Waals surface area contributed by atoms with Crippen LogP contribution in [0.15, 0.2) is 26.9 Å². The largest absolute Gasteiger partial charge is 0.359 e. The monoisotopic (exact) mass is 346 g/mol. The Bertz CT molecular complexity index is 738. The Morgan fingerprint density at radius 3 is 2.95 bits per heavy atom. The summed E-state index contributed by atoms with van der Waals surface area (Å²) < 4.78 is 33.0. The topological polar surface area (TPSA) is 63.4 Å². The first kappa shape index (κ1) is 15.0. The van der Waals surface area contributed by atoms with Gasteiger partial charge in [0.1, 0.15) is 4.21 Å². The number of nitrogens with zero attached hydrogens (tertiary/aromatic N) is 2. The first-order valence-electron chi connectivity index (χ1n) is 6.75. The van der Waals surface area contributed by atoms with Crippen LogP contribution < -0.4 is 0 Å². The fraction of sp³-hybridized carbons (Fsp3) is 0.462. The first-order valence-corrected chi connectivity index (χ1v) is 9.38. The van der Waals surface area contributed by atoms with E-state index >= 15 is 0 Å². The smallest absolute Gasteiger partial charge is 0.253 e. The van der Waals surface area contributed by atoms with E-state index in [-0.39, 0.29) is 10.3 Å². The highest BCUT2D eigenvalue weighted by Gasteiger charge is 2.39. The Morgan fingerprint density at radius 2 is 2.33 bits per heavy atom. The molecule has 114 valence electrons. The molecule has 1 aliphatic heterocycles. The number of rotatable bonds is 4. The molecule has 0 aliphatic carbocycles. The van der Waals surface area contributed by atoms with Gasteiger partial charge in [0.15, 0.2) is 5.76 Å². The van der Waals surface area contributed by atoms with Gasteiger partial charge in [-0.25, -0.2) is 8.42 Å². The van der Waals surface area contributed by atoms with Gasteiger partial charge in [-0.05, 0) is 31.4 Å². The van der Waals surface area contributed by atoms with Gasteiger partial charge in [-0.15, -0.1) is 11.3 Å². The van der Waals surface area contributed by atoms with Crippen molar-refractivity contribution < 1.29 is 12.9 Å². The van der Waals surface area contributed by atoms with E-state index in [1.807, 2.05) is 13.0 Å². The van der Waals surface area contributed by atoms with Gasteiger partial charge in [0.2, 0.25) is 0 Å². The minimum absolute atomic E-state index is 0.273. The number of aryl methyl sites for hydroxylation is 1. The molecule has 1 fully saturated rings. The summed E-state index contributed by atoms with van der Waals surface area (Å²) in [5.74, 6) is 0.621. The van der Waals surface area contributed by atoms with Crippen LogP contribution in [-0.4, -0.2) is 24.4 Å².